The molecule has 3 heterocycles. The zero-order valence-electron chi connectivity index (χ0n) is 11.0. The topological polar surface area (TPSA) is 38.1 Å². The highest BCUT2D eigenvalue weighted by Crippen LogP contribution is 2.30. The van der Waals surface area contributed by atoms with E-state index in [-0.39, 0.29) is 5.91 Å². The summed E-state index contributed by atoms with van der Waals surface area (Å²) in [5.74, 6) is 1.24. The molecule has 0 aliphatic carbocycles. The third-order valence-corrected chi connectivity index (χ3v) is 4.58. The lowest BCUT2D eigenvalue weighted by atomic mass is 10.0. The second-order valence-electron chi connectivity index (χ2n) is 4.87. The van der Waals surface area contributed by atoms with E-state index in [1.54, 1.807) is 18.3 Å². The minimum Gasteiger partial charge on any atom is -0.343 e. The van der Waals surface area contributed by atoms with E-state index in [1.165, 1.54) is 4.88 Å². The van der Waals surface area contributed by atoms with Crippen molar-refractivity contribution in [3.05, 3.63) is 29.9 Å². The first-order valence-electron chi connectivity index (χ1n) is 6.58. The summed E-state index contributed by atoms with van der Waals surface area (Å²) in [6.45, 7) is 3.35. The van der Waals surface area contributed by atoms with Crippen LogP contribution in [0.25, 0.3) is 10.7 Å². The van der Waals surface area contributed by atoms with Crippen LogP contribution in [-0.4, -0.2) is 33.4 Å². The van der Waals surface area contributed by atoms with Crippen LogP contribution >= 0.6 is 11.3 Å². The lowest BCUT2D eigenvalue weighted by Crippen LogP contribution is -2.37. The van der Waals surface area contributed by atoms with Gasteiger partial charge in [0.1, 0.15) is 5.82 Å². The number of amides is 1. The van der Waals surface area contributed by atoms with Gasteiger partial charge in [-0.15, -0.1) is 11.3 Å². The Labute approximate surface area is 116 Å². The molecule has 0 aromatic carbocycles. The molecule has 1 aliphatic heterocycles. The quantitative estimate of drug-likeness (QED) is 0.845. The second-order valence-corrected chi connectivity index (χ2v) is 5.82. The van der Waals surface area contributed by atoms with Crippen molar-refractivity contribution in [3.63, 3.8) is 0 Å². The maximum Gasteiger partial charge on any atom is 0.219 e. The maximum atomic E-state index is 11.4. The number of piperidine rings is 1. The fraction of sp³-hybridized carbons (Fsp3) is 0.429. The number of hydrogen-bond donors (Lipinski definition) is 0. The molecule has 0 bridgehead atoms. The van der Waals surface area contributed by atoms with Gasteiger partial charge in [0.2, 0.25) is 5.91 Å². The van der Waals surface area contributed by atoms with Crippen LogP contribution in [0.15, 0.2) is 29.9 Å². The predicted molar refractivity (Wildman–Crippen MR) is 76.1 cm³/mol. The molecule has 19 heavy (non-hydrogen) atoms. The molecule has 1 fully saturated rings. The number of imidazole rings is 1. The SMILES string of the molecule is CC(=O)N1CCC(n2ccnc2-c2cccs2)CC1. The van der Waals surface area contributed by atoms with Crippen molar-refractivity contribution in [1.29, 1.82) is 0 Å². The number of nitrogens with zero attached hydrogens (tertiary/aromatic N) is 3. The fourth-order valence-electron chi connectivity index (χ4n) is 2.66. The zero-order valence-corrected chi connectivity index (χ0v) is 11.8. The summed E-state index contributed by atoms with van der Waals surface area (Å²) in [4.78, 5) is 19.0. The van der Waals surface area contributed by atoms with Crippen molar-refractivity contribution < 1.29 is 4.79 Å². The van der Waals surface area contributed by atoms with E-state index >= 15 is 0 Å². The van der Waals surface area contributed by atoms with Gasteiger partial charge in [0, 0.05) is 38.4 Å². The Bertz CT molecular complexity index is 553. The highest BCUT2D eigenvalue weighted by atomic mass is 32.1. The van der Waals surface area contributed by atoms with Crippen molar-refractivity contribution in [1.82, 2.24) is 14.5 Å². The molecule has 1 saturated heterocycles. The molecule has 2 aromatic heterocycles. The van der Waals surface area contributed by atoms with Gasteiger partial charge in [-0.1, -0.05) is 6.07 Å². The first-order valence-corrected chi connectivity index (χ1v) is 7.46. The second kappa shape index (κ2) is 5.17. The van der Waals surface area contributed by atoms with Crippen LogP contribution in [0.4, 0.5) is 0 Å². The maximum absolute atomic E-state index is 11.4. The van der Waals surface area contributed by atoms with Crippen LogP contribution in [0.2, 0.25) is 0 Å². The molecular weight excluding hydrogens is 258 g/mol. The Balaban J connectivity index is 1.78. The smallest absolute Gasteiger partial charge is 0.219 e. The lowest BCUT2D eigenvalue weighted by Gasteiger charge is -2.32. The Morgan fingerprint density at radius 3 is 2.84 bits per heavy atom. The highest BCUT2D eigenvalue weighted by Gasteiger charge is 2.23. The van der Waals surface area contributed by atoms with Gasteiger partial charge in [-0.3, -0.25) is 4.79 Å². The average molecular weight is 275 g/mol. The summed E-state index contributed by atoms with van der Waals surface area (Å²) in [5.41, 5.74) is 0. The zero-order chi connectivity index (χ0) is 13.2. The third kappa shape index (κ3) is 2.42. The Morgan fingerprint density at radius 1 is 1.42 bits per heavy atom. The molecule has 3 rings (SSSR count). The number of aromatic nitrogens is 2. The van der Waals surface area contributed by atoms with Crippen LogP contribution < -0.4 is 0 Å². The minimum atomic E-state index is 0.183. The largest absolute Gasteiger partial charge is 0.343 e. The first-order chi connectivity index (χ1) is 9.25. The van der Waals surface area contributed by atoms with Crippen molar-refractivity contribution >= 4 is 17.2 Å². The van der Waals surface area contributed by atoms with E-state index in [4.69, 9.17) is 0 Å². The summed E-state index contributed by atoms with van der Waals surface area (Å²) in [5, 5.41) is 2.08. The van der Waals surface area contributed by atoms with Gasteiger partial charge in [0.05, 0.1) is 4.88 Å². The molecule has 0 N–H and O–H groups in total. The third-order valence-electron chi connectivity index (χ3n) is 3.71. The molecule has 4 nitrogen and oxygen atoms in total. The van der Waals surface area contributed by atoms with Gasteiger partial charge in [-0.2, -0.15) is 0 Å². The summed E-state index contributed by atoms with van der Waals surface area (Å²) in [6, 6.07) is 4.61. The first kappa shape index (κ1) is 12.4. The van der Waals surface area contributed by atoms with E-state index in [0.717, 1.165) is 31.8 Å². The van der Waals surface area contributed by atoms with Crippen LogP contribution in [0.1, 0.15) is 25.8 Å². The number of hydrogen-bond acceptors (Lipinski definition) is 3. The van der Waals surface area contributed by atoms with Crippen LogP contribution in [0.3, 0.4) is 0 Å². The molecular formula is C14H17N3OS. The molecule has 0 spiro atoms. The number of carbonyl (C=O) groups is 1. The van der Waals surface area contributed by atoms with Gasteiger partial charge in [0.15, 0.2) is 0 Å². The van der Waals surface area contributed by atoms with Gasteiger partial charge < -0.3 is 9.47 Å². The van der Waals surface area contributed by atoms with Crippen LogP contribution in [0, 0.1) is 0 Å². The summed E-state index contributed by atoms with van der Waals surface area (Å²) in [6.07, 6.45) is 5.94. The summed E-state index contributed by atoms with van der Waals surface area (Å²) >= 11 is 1.72. The predicted octanol–water partition coefficient (Wildman–Crippen LogP) is 2.80. The number of carbonyl (C=O) groups excluding carboxylic acids is 1. The summed E-state index contributed by atoms with van der Waals surface area (Å²) < 4.78 is 2.27. The average Bonchev–Trinajstić information content (AvgIpc) is 3.09. The molecule has 5 heteroatoms. The molecule has 0 radical (unpaired) electrons. The van der Waals surface area contributed by atoms with E-state index in [2.05, 4.69) is 33.3 Å². The van der Waals surface area contributed by atoms with Gasteiger partial charge in [0.25, 0.3) is 0 Å². The molecule has 0 unspecified atom stereocenters. The normalized spacial score (nSPS) is 16.8. The molecule has 1 amide bonds. The van der Waals surface area contributed by atoms with Crippen molar-refractivity contribution in [2.24, 2.45) is 0 Å². The molecule has 2 aromatic rings. The van der Waals surface area contributed by atoms with E-state index in [1.807, 2.05) is 11.1 Å². The van der Waals surface area contributed by atoms with Crippen molar-refractivity contribution in [2.45, 2.75) is 25.8 Å². The molecule has 100 valence electrons. The van der Waals surface area contributed by atoms with E-state index < -0.39 is 0 Å². The standard InChI is InChI=1S/C14H17N3OS/c1-11(18)16-7-4-12(5-8-16)17-9-6-15-14(17)13-3-2-10-19-13/h2-3,6,9-10,12H,4-5,7-8H2,1H3. The molecule has 1 aliphatic rings. The Kier molecular flexibility index (Phi) is 3.38. The monoisotopic (exact) mass is 275 g/mol. The van der Waals surface area contributed by atoms with Gasteiger partial charge in [-0.25, -0.2) is 4.98 Å². The highest BCUT2D eigenvalue weighted by molar-refractivity contribution is 7.13. The Morgan fingerprint density at radius 2 is 2.21 bits per heavy atom. The fourth-order valence-corrected chi connectivity index (χ4v) is 3.39. The number of rotatable bonds is 2. The van der Waals surface area contributed by atoms with Gasteiger partial charge >= 0.3 is 0 Å². The van der Waals surface area contributed by atoms with E-state index in [0.29, 0.717) is 6.04 Å². The van der Waals surface area contributed by atoms with Crippen molar-refractivity contribution in [2.75, 3.05) is 13.1 Å². The van der Waals surface area contributed by atoms with E-state index in [9.17, 15) is 4.79 Å². The minimum absolute atomic E-state index is 0.183. The summed E-state index contributed by atoms with van der Waals surface area (Å²) in [7, 11) is 0. The number of thiophene rings is 1. The van der Waals surface area contributed by atoms with Gasteiger partial charge in [-0.05, 0) is 24.3 Å². The van der Waals surface area contributed by atoms with Crippen molar-refractivity contribution in [3.8, 4) is 10.7 Å². The Hall–Kier alpha value is -1.62. The van der Waals surface area contributed by atoms with Crippen LogP contribution in [-0.2, 0) is 4.79 Å². The molecule has 0 atom stereocenters. The van der Waals surface area contributed by atoms with Crippen LogP contribution in [0.5, 0.6) is 0 Å². The molecule has 0 saturated carbocycles. The number of likely N-dealkylation sites (tertiary alicyclic amines) is 1. The lowest BCUT2D eigenvalue weighted by molar-refractivity contribution is -0.130.